The second-order valence-corrected chi connectivity index (χ2v) is 8.04. The average molecular weight is 339 g/mol. The molecule has 0 N–H and O–H groups in total. The Balaban J connectivity index is 1.36. The van der Waals surface area contributed by atoms with Gasteiger partial charge in [0.25, 0.3) is 0 Å². The Morgan fingerprint density at radius 3 is 2.00 bits per heavy atom. The monoisotopic (exact) mass is 339 g/mol. The van der Waals surface area contributed by atoms with Crippen molar-refractivity contribution in [2.75, 3.05) is 0 Å². The molecule has 0 radical (unpaired) electrons. The molecule has 1 heteroatoms. The summed E-state index contributed by atoms with van der Waals surface area (Å²) in [6, 6.07) is 24.0. The minimum atomic E-state index is 0.801. The summed E-state index contributed by atoms with van der Waals surface area (Å²) >= 11 is 0. The second-order valence-electron chi connectivity index (χ2n) is 8.04. The van der Waals surface area contributed by atoms with E-state index in [2.05, 4.69) is 65.6 Å². The van der Waals surface area contributed by atoms with E-state index in [1.807, 2.05) is 12.3 Å². The van der Waals surface area contributed by atoms with Crippen molar-refractivity contribution >= 4 is 0 Å². The van der Waals surface area contributed by atoms with Crippen LogP contribution in [0.25, 0.3) is 22.4 Å². The minimum Gasteiger partial charge on any atom is -0.256 e. The molecule has 130 valence electrons. The van der Waals surface area contributed by atoms with Crippen LogP contribution in [-0.4, -0.2) is 4.98 Å². The molecule has 0 saturated heterocycles. The largest absolute Gasteiger partial charge is 0.256 e. The highest BCUT2D eigenvalue weighted by Gasteiger charge is 2.36. The molecule has 3 saturated carbocycles. The topological polar surface area (TPSA) is 12.9 Å². The Hall–Kier alpha value is -2.41. The number of rotatable bonds is 3. The molecule has 3 fully saturated rings. The van der Waals surface area contributed by atoms with Crippen LogP contribution in [0, 0.1) is 11.8 Å². The van der Waals surface area contributed by atoms with E-state index in [9.17, 15) is 0 Å². The lowest BCUT2D eigenvalue weighted by Crippen LogP contribution is -2.29. The maximum Gasteiger partial charge on any atom is 0.0702 e. The molecule has 2 aromatic carbocycles. The van der Waals surface area contributed by atoms with Crippen LogP contribution in [0.5, 0.6) is 0 Å². The van der Waals surface area contributed by atoms with Gasteiger partial charge >= 0.3 is 0 Å². The molecule has 0 aliphatic heterocycles. The molecule has 3 aliphatic rings. The maximum atomic E-state index is 4.67. The van der Waals surface area contributed by atoms with Crippen LogP contribution in [0.3, 0.4) is 0 Å². The predicted molar refractivity (Wildman–Crippen MR) is 108 cm³/mol. The first-order valence-corrected chi connectivity index (χ1v) is 9.98. The molecule has 3 aliphatic carbocycles. The van der Waals surface area contributed by atoms with Crippen molar-refractivity contribution in [2.24, 2.45) is 11.8 Å². The zero-order valence-corrected chi connectivity index (χ0v) is 15.1. The lowest BCUT2D eigenvalue weighted by atomic mass is 9.63. The van der Waals surface area contributed by atoms with Crippen molar-refractivity contribution in [3.05, 3.63) is 78.5 Å². The fraction of sp³-hybridized carbons (Fsp3) is 0.320. The highest BCUT2D eigenvalue weighted by Crippen LogP contribution is 2.49. The van der Waals surface area contributed by atoms with Crippen molar-refractivity contribution < 1.29 is 0 Å². The highest BCUT2D eigenvalue weighted by molar-refractivity contribution is 5.67. The Morgan fingerprint density at radius 2 is 1.38 bits per heavy atom. The fourth-order valence-corrected chi connectivity index (χ4v) is 5.05. The lowest BCUT2D eigenvalue weighted by molar-refractivity contribution is 0.145. The van der Waals surface area contributed by atoms with Crippen molar-refractivity contribution in [2.45, 2.75) is 38.0 Å². The highest BCUT2D eigenvalue weighted by atomic mass is 14.7. The summed E-state index contributed by atoms with van der Waals surface area (Å²) in [7, 11) is 0. The summed E-state index contributed by atoms with van der Waals surface area (Å²) in [6.45, 7) is 0. The zero-order valence-electron chi connectivity index (χ0n) is 15.1. The number of benzene rings is 2. The first-order chi connectivity index (χ1) is 12.9. The van der Waals surface area contributed by atoms with Gasteiger partial charge in [-0.2, -0.15) is 0 Å². The lowest BCUT2D eigenvalue weighted by Gasteiger charge is -2.42. The summed E-state index contributed by atoms with van der Waals surface area (Å²) in [5.41, 5.74) is 6.21. The van der Waals surface area contributed by atoms with Crippen molar-refractivity contribution in [1.29, 1.82) is 0 Å². The SMILES string of the molecule is c1ccc(-c2ccc(-c3ccc(C4CC5CCC4CC5)cc3)cn2)cc1. The van der Waals surface area contributed by atoms with E-state index in [0.29, 0.717) is 0 Å². The molecule has 1 aromatic heterocycles. The van der Waals surface area contributed by atoms with Gasteiger partial charge in [0.2, 0.25) is 0 Å². The van der Waals surface area contributed by atoms with E-state index in [1.165, 1.54) is 48.8 Å². The number of nitrogens with zero attached hydrogens (tertiary/aromatic N) is 1. The average Bonchev–Trinajstić information content (AvgIpc) is 2.75. The number of hydrogen-bond donors (Lipinski definition) is 0. The summed E-state index contributed by atoms with van der Waals surface area (Å²) < 4.78 is 0. The summed E-state index contributed by atoms with van der Waals surface area (Å²) in [6.07, 6.45) is 9.25. The number of aromatic nitrogens is 1. The third-order valence-electron chi connectivity index (χ3n) is 6.55. The molecular formula is C25H25N. The molecule has 26 heavy (non-hydrogen) atoms. The van der Waals surface area contributed by atoms with Gasteiger partial charge in [0.1, 0.15) is 0 Å². The van der Waals surface area contributed by atoms with E-state index in [0.717, 1.165) is 23.4 Å². The fourth-order valence-electron chi connectivity index (χ4n) is 5.05. The molecular weight excluding hydrogens is 314 g/mol. The third-order valence-corrected chi connectivity index (χ3v) is 6.55. The molecule has 1 nitrogen and oxygen atoms in total. The van der Waals surface area contributed by atoms with Gasteiger partial charge in [-0.1, -0.05) is 73.5 Å². The molecule has 1 unspecified atom stereocenters. The van der Waals surface area contributed by atoms with Crippen LogP contribution in [0.2, 0.25) is 0 Å². The van der Waals surface area contributed by atoms with E-state index >= 15 is 0 Å². The molecule has 1 heterocycles. The Bertz CT molecular complexity index is 856. The molecule has 0 spiro atoms. The summed E-state index contributed by atoms with van der Waals surface area (Å²) in [5.74, 6) is 2.72. The van der Waals surface area contributed by atoms with Gasteiger partial charge in [-0.05, 0) is 54.2 Å². The standard InChI is InChI=1S/C25H25N/c1-2-4-22(5-3-1)25-15-14-23(17-26-25)19-10-12-21(13-11-19)24-16-18-6-8-20(24)9-7-18/h1-5,10-15,17-18,20,24H,6-9,16H2. The van der Waals surface area contributed by atoms with Crippen LogP contribution >= 0.6 is 0 Å². The number of fused-ring (bicyclic) bond motifs is 3. The van der Waals surface area contributed by atoms with Crippen LogP contribution in [0.15, 0.2) is 72.9 Å². The van der Waals surface area contributed by atoms with E-state index in [4.69, 9.17) is 0 Å². The third kappa shape index (κ3) is 2.96. The molecule has 1 atom stereocenters. The van der Waals surface area contributed by atoms with Crippen molar-refractivity contribution in [1.82, 2.24) is 4.98 Å². The van der Waals surface area contributed by atoms with Crippen LogP contribution < -0.4 is 0 Å². The predicted octanol–water partition coefficient (Wildman–Crippen LogP) is 6.71. The van der Waals surface area contributed by atoms with Gasteiger partial charge < -0.3 is 0 Å². The van der Waals surface area contributed by atoms with Crippen molar-refractivity contribution in [3.63, 3.8) is 0 Å². The Kier molecular flexibility index (Phi) is 4.09. The van der Waals surface area contributed by atoms with Gasteiger partial charge in [-0.25, -0.2) is 0 Å². The van der Waals surface area contributed by atoms with Gasteiger partial charge in [-0.3, -0.25) is 4.98 Å². The minimum absolute atomic E-state index is 0.801. The molecule has 6 rings (SSSR count). The number of pyridine rings is 1. The van der Waals surface area contributed by atoms with E-state index < -0.39 is 0 Å². The molecule has 2 bridgehead atoms. The van der Waals surface area contributed by atoms with Gasteiger partial charge in [0.05, 0.1) is 5.69 Å². The van der Waals surface area contributed by atoms with Crippen LogP contribution in [0.1, 0.15) is 43.6 Å². The molecule has 3 aromatic rings. The zero-order chi connectivity index (χ0) is 17.3. The summed E-state index contributed by atoms with van der Waals surface area (Å²) in [5, 5.41) is 0. The maximum absolute atomic E-state index is 4.67. The Morgan fingerprint density at radius 1 is 0.654 bits per heavy atom. The normalized spacial score (nSPS) is 24.5. The van der Waals surface area contributed by atoms with Gasteiger partial charge in [0, 0.05) is 17.3 Å². The second kappa shape index (κ2) is 6.72. The first kappa shape index (κ1) is 15.8. The van der Waals surface area contributed by atoms with Crippen molar-refractivity contribution in [3.8, 4) is 22.4 Å². The smallest absolute Gasteiger partial charge is 0.0702 e. The summed E-state index contributed by atoms with van der Waals surface area (Å²) in [4.78, 5) is 4.67. The Labute approximate surface area is 156 Å². The van der Waals surface area contributed by atoms with E-state index in [-0.39, 0.29) is 0 Å². The van der Waals surface area contributed by atoms with Gasteiger partial charge in [0.15, 0.2) is 0 Å². The van der Waals surface area contributed by atoms with Crippen LogP contribution in [0.4, 0.5) is 0 Å². The first-order valence-electron chi connectivity index (χ1n) is 9.98. The molecule has 0 amide bonds. The quantitative estimate of drug-likeness (QED) is 0.517. The number of hydrogen-bond acceptors (Lipinski definition) is 1. The van der Waals surface area contributed by atoms with E-state index in [1.54, 1.807) is 5.56 Å². The van der Waals surface area contributed by atoms with Gasteiger partial charge in [-0.15, -0.1) is 0 Å². The van der Waals surface area contributed by atoms with Crippen LogP contribution in [-0.2, 0) is 0 Å².